The maximum Gasteiger partial charge on any atom is 0.280 e. The fourth-order valence-electron chi connectivity index (χ4n) is 3.60. The van der Waals surface area contributed by atoms with Crippen LogP contribution < -0.4 is 10.9 Å². The molecule has 0 spiro atoms. The first-order chi connectivity index (χ1) is 14.8. The van der Waals surface area contributed by atoms with Gasteiger partial charge in [0, 0.05) is 6.07 Å². The number of rotatable bonds is 6. The van der Waals surface area contributed by atoms with E-state index in [9.17, 15) is 23.9 Å². The Bertz CT molecular complexity index is 1230. The minimum Gasteiger partial charge on any atom is -0.394 e. The third-order valence-corrected chi connectivity index (χ3v) is 5.27. The number of aryl methyl sites for hydroxylation is 1. The van der Waals surface area contributed by atoms with Gasteiger partial charge in [0.1, 0.15) is 29.5 Å². The van der Waals surface area contributed by atoms with E-state index in [1.54, 1.807) is 13.0 Å². The number of fused-ring (bicyclic) bond motifs is 2. The van der Waals surface area contributed by atoms with Crippen molar-refractivity contribution in [3.05, 3.63) is 57.5 Å². The number of amides is 2. The zero-order valence-electron chi connectivity index (χ0n) is 17.0. The topological polar surface area (TPSA) is 122 Å². The molecule has 1 aliphatic rings. The molecule has 0 unspecified atom stereocenters. The monoisotopic (exact) mass is 428 g/mol. The van der Waals surface area contributed by atoms with Crippen molar-refractivity contribution in [1.29, 1.82) is 0 Å². The van der Waals surface area contributed by atoms with Crippen LogP contribution in [0, 0.1) is 5.82 Å². The fourth-order valence-corrected chi connectivity index (χ4v) is 3.60. The Balaban J connectivity index is 1.79. The van der Waals surface area contributed by atoms with Crippen LogP contribution in [0.15, 0.2) is 29.2 Å². The molecule has 1 atom stereocenters. The summed E-state index contributed by atoms with van der Waals surface area (Å²) in [6, 6.07) is 3.66. The lowest BCUT2D eigenvalue weighted by atomic mass is 10.2. The zero-order chi connectivity index (χ0) is 22.3. The normalized spacial score (nSPS) is 14.2. The molecule has 0 aromatic carbocycles. The minimum atomic E-state index is -0.534. The summed E-state index contributed by atoms with van der Waals surface area (Å²) in [6.45, 7) is 3.03. The van der Waals surface area contributed by atoms with E-state index in [0.717, 1.165) is 6.20 Å². The zero-order valence-corrected chi connectivity index (χ0v) is 17.0. The average Bonchev–Trinajstić information content (AvgIpc) is 3.34. The maximum atomic E-state index is 13.1. The van der Waals surface area contributed by atoms with Gasteiger partial charge in [-0.25, -0.2) is 9.37 Å². The van der Waals surface area contributed by atoms with Gasteiger partial charge in [-0.15, -0.1) is 0 Å². The van der Waals surface area contributed by atoms with Crippen molar-refractivity contribution in [3.8, 4) is 0 Å². The van der Waals surface area contributed by atoms with Crippen LogP contribution in [0.2, 0.25) is 0 Å². The Labute approximate surface area is 175 Å². The number of aliphatic hydroxyl groups is 1. The second kappa shape index (κ2) is 7.91. The predicted octanol–water partition coefficient (Wildman–Crippen LogP) is 0.568. The number of aromatic nitrogens is 4. The van der Waals surface area contributed by atoms with E-state index >= 15 is 0 Å². The second-order valence-electron chi connectivity index (χ2n) is 7.35. The van der Waals surface area contributed by atoms with E-state index in [4.69, 9.17) is 0 Å². The number of pyridine rings is 1. The van der Waals surface area contributed by atoms with Gasteiger partial charge in [0.2, 0.25) is 5.91 Å². The lowest BCUT2D eigenvalue weighted by Crippen LogP contribution is -2.36. The number of hydrogen-bond donors (Lipinski definition) is 2. The standard InChI is InChI=1S/C20H21FN6O4/c1-3-13-6-17-26(9-16(29)23-15-5-4-12(21)7-22-15)18-14(19(30)27(17)24-13)8-25(20(18)31)11(2)10-28/h4-7,11,28H,3,8-10H2,1-2H3,(H,22,23,29)/t11-/m0/s1. The lowest BCUT2D eigenvalue weighted by Gasteiger charge is -2.22. The summed E-state index contributed by atoms with van der Waals surface area (Å²) in [7, 11) is 0. The Morgan fingerprint density at radius 2 is 2.13 bits per heavy atom. The molecule has 3 aromatic heterocycles. The van der Waals surface area contributed by atoms with E-state index in [0.29, 0.717) is 17.8 Å². The van der Waals surface area contributed by atoms with E-state index in [2.05, 4.69) is 15.4 Å². The van der Waals surface area contributed by atoms with Crippen LogP contribution in [0.5, 0.6) is 0 Å². The molecule has 1 aliphatic heterocycles. The van der Waals surface area contributed by atoms with Gasteiger partial charge < -0.3 is 19.9 Å². The van der Waals surface area contributed by atoms with Crippen LogP contribution in [0.3, 0.4) is 0 Å². The Morgan fingerprint density at radius 1 is 1.35 bits per heavy atom. The van der Waals surface area contributed by atoms with Gasteiger partial charge in [0.05, 0.1) is 36.6 Å². The third-order valence-electron chi connectivity index (χ3n) is 5.27. The summed E-state index contributed by atoms with van der Waals surface area (Å²) < 4.78 is 15.7. The quantitative estimate of drug-likeness (QED) is 0.592. The van der Waals surface area contributed by atoms with Gasteiger partial charge in [0.25, 0.3) is 11.5 Å². The van der Waals surface area contributed by atoms with Crippen molar-refractivity contribution in [2.45, 2.75) is 39.4 Å². The molecule has 11 heteroatoms. The molecule has 0 saturated heterocycles. The SMILES string of the molecule is CCc1cc2n(CC(=O)Nc3ccc(F)cn3)c3c(c(=O)n2n1)CN([C@@H](C)CO)C3=O. The minimum absolute atomic E-state index is 0.0210. The first-order valence-electron chi connectivity index (χ1n) is 9.81. The van der Waals surface area contributed by atoms with Crippen molar-refractivity contribution in [3.63, 3.8) is 0 Å². The highest BCUT2D eigenvalue weighted by Crippen LogP contribution is 2.24. The summed E-state index contributed by atoms with van der Waals surface area (Å²) in [4.78, 5) is 44.0. The summed E-state index contributed by atoms with van der Waals surface area (Å²) in [6.07, 6.45) is 1.55. The van der Waals surface area contributed by atoms with Crippen molar-refractivity contribution in [2.24, 2.45) is 0 Å². The molecule has 4 heterocycles. The smallest absolute Gasteiger partial charge is 0.280 e. The molecule has 2 N–H and O–H groups in total. The van der Waals surface area contributed by atoms with Crippen LogP contribution in [0.1, 0.15) is 35.6 Å². The third kappa shape index (κ3) is 3.56. The molecule has 0 fully saturated rings. The Kier molecular flexibility index (Phi) is 5.27. The van der Waals surface area contributed by atoms with Crippen LogP contribution in [-0.2, 0) is 24.3 Å². The number of aliphatic hydroxyl groups excluding tert-OH is 1. The van der Waals surface area contributed by atoms with Crippen molar-refractivity contribution in [2.75, 3.05) is 11.9 Å². The Hall–Kier alpha value is -3.60. The highest BCUT2D eigenvalue weighted by Gasteiger charge is 2.37. The van der Waals surface area contributed by atoms with Gasteiger partial charge >= 0.3 is 0 Å². The fraction of sp³-hybridized carbons (Fsp3) is 0.350. The van der Waals surface area contributed by atoms with Crippen LogP contribution in [-0.4, -0.2) is 53.6 Å². The molecular formula is C20H21FN6O4. The second-order valence-corrected chi connectivity index (χ2v) is 7.35. The number of carbonyl (C=O) groups excluding carboxylic acids is 2. The summed E-state index contributed by atoms with van der Waals surface area (Å²) >= 11 is 0. The molecule has 4 rings (SSSR count). The molecule has 3 aromatic rings. The first kappa shape index (κ1) is 20.7. The van der Waals surface area contributed by atoms with Gasteiger partial charge in [0.15, 0.2) is 0 Å². The van der Waals surface area contributed by atoms with E-state index in [1.807, 2.05) is 6.92 Å². The molecule has 31 heavy (non-hydrogen) atoms. The highest BCUT2D eigenvalue weighted by atomic mass is 19.1. The molecule has 0 saturated carbocycles. The van der Waals surface area contributed by atoms with Crippen molar-refractivity contribution in [1.82, 2.24) is 24.1 Å². The lowest BCUT2D eigenvalue weighted by molar-refractivity contribution is -0.116. The summed E-state index contributed by atoms with van der Waals surface area (Å²) in [5.41, 5.74) is 0.846. The summed E-state index contributed by atoms with van der Waals surface area (Å²) in [5.74, 6) is -1.33. The largest absolute Gasteiger partial charge is 0.394 e. The van der Waals surface area contributed by atoms with E-state index in [1.165, 1.54) is 26.1 Å². The van der Waals surface area contributed by atoms with Crippen LogP contribution in [0.25, 0.3) is 5.65 Å². The number of hydrogen-bond acceptors (Lipinski definition) is 6. The number of carbonyl (C=O) groups is 2. The average molecular weight is 428 g/mol. The number of nitrogens with one attached hydrogen (secondary N) is 1. The Morgan fingerprint density at radius 3 is 2.77 bits per heavy atom. The van der Waals surface area contributed by atoms with Crippen LogP contribution in [0.4, 0.5) is 10.2 Å². The molecular weight excluding hydrogens is 407 g/mol. The summed E-state index contributed by atoms with van der Waals surface area (Å²) in [5, 5.41) is 16.3. The van der Waals surface area contributed by atoms with Crippen molar-refractivity contribution >= 4 is 23.3 Å². The number of halogens is 1. The number of nitrogens with zero attached hydrogens (tertiary/aromatic N) is 5. The molecule has 162 valence electrons. The van der Waals surface area contributed by atoms with Crippen molar-refractivity contribution < 1.29 is 19.1 Å². The molecule has 0 aliphatic carbocycles. The maximum absolute atomic E-state index is 13.1. The van der Waals surface area contributed by atoms with E-state index in [-0.39, 0.29) is 36.8 Å². The molecule has 0 bridgehead atoms. The van der Waals surface area contributed by atoms with Crippen LogP contribution >= 0.6 is 0 Å². The molecule has 0 radical (unpaired) electrons. The highest BCUT2D eigenvalue weighted by molar-refractivity contribution is 5.98. The van der Waals surface area contributed by atoms with E-state index < -0.39 is 29.2 Å². The predicted molar refractivity (Wildman–Crippen MR) is 108 cm³/mol. The van der Waals surface area contributed by atoms with Gasteiger partial charge in [-0.3, -0.25) is 14.4 Å². The first-order valence-corrected chi connectivity index (χ1v) is 9.81. The molecule has 10 nitrogen and oxygen atoms in total. The van der Waals surface area contributed by atoms with Gasteiger partial charge in [-0.05, 0) is 25.5 Å². The van der Waals surface area contributed by atoms with Gasteiger partial charge in [-0.2, -0.15) is 9.61 Å². The number of anilines is 1. The van der Waals surface area contributed by atoms with Gasteiger partial charge in [-0.1, -0.05) is 6.92 Å². The molecule has 2 amide bonds.